The minimum Gasteiger partial charge on any atom is -0.386 e. The number of carbonyl (C=O) groups excluding carboxylic acids is 3. The van der Waals surface area contributed by atoms with Crippen LogP contribution >= 0.6 is 0 Å². The lowest BCUT2D eigenvalue weighted by Gasteiger charge is -2.34. The van der Waals surface area contributed by atoms with Crippen LogP contribution in [0.25, 0.3) is 0 Å². The van der Waals surface area contributed by atoms with Crippen molar-refractivity contribution in [2.45, 2.75) is 63.9 Å². The normalized spacial score (nSPS) is 12.7. The molecule has 1 N–H and O–H groups in total. The van der Waals surface area contributed by atoms with Crippen molar-refractivity contribution in [1.29, 1.82) is 0 Å². The summed E-state index contributed by atoms with van der Waals surface area (Å²) in [6.45, 7) is 4.99. The lowest BCUT2D eigenvalue weighted by atomic mass is 10.2. The second-order valence-corrected chi connectivity index (χ2v) is 7.77. The lowest BCUT2D eigenvalue weighted by molar-refractivity contribution is -0.365. The average molecular weight is 446 g/mol. The molecule has 10 nitrogen and oxygen atoms in total. The number of aliphatic hydroxyl groups excluding tert-OH is 1. The predicted octanol–water partition coefficient (Wildman–Crippen LogP) is 1.57. The van der Waals surface area contributed by atoms with Gasteiger partial charge in [0.2, 0.25) is 0 Å². The third-order valence-electron chi connectivity index (χ3n) is 3.73. The maximum Gasteiger partial charge on any atom is 0.453 e. The molecule has 0 saturated heterocycles. The van der Waals surface area contributed by atoms with Crippen LogP contribution in [-0.4, -0.2) is 50.1 Å². The molecule has 0 aromatic heterocycles. The first-order valence-corrected chi connectivity index (χ1v) is 10.7. The summed E-state index contributed by atoms with van der Waals surface area (Å²) in [6, 6.07) is 5.70. The van der Waals surface area contributed by atoms with Crippen molar-refractivity contribution in [3.8, 4) is 0 Å². The Morgan fingerprint density at radius 2 is 1.30 bits per heavy atom. The van der Waals surface area contributed by atoms with Crippen molar-refractivity contribution in [2.75, 3.05) is 6.61 Å². The summed E-state index contributed by atoms with van der Waals surface area (Å²) in [6.07, 6.45) is -2.77. The highest BCUT2D eigenvalue weighted by Crippen LogP contribution is 2.25. The lowest BCUT2D eigenvalue weighted by Crippen LogP contribution is -2.55. The first-order valence-electron chi connectivity index (χ1n) is 9.29. The second kappa shape index (κ2) is 11.0. The first kappa shape index (κ1) is 25.5. The monoisotopic (exact) mass is 446 g/mol. The Morgan fingerprint density at radius 1 is 0.900 bits per heavy atom. The van der Waals surface area contributed by atoms with E-state index in [9.17, 15) is 27.9 Å². The van der Waals surface area contributed by atoms with Crippen LogP contribution in [0.4, 0.5) is 0 Å². The van der Waals surface area contributed by atoms with Crippen molar-refractivity contribution in [2.24, 2.45) is 0 Å². The van der Waals surface area contributed by atoms with E-state index in [1.165, 1.54) is 32.9 Å². The Kier molecular flexibility index (Phi) is 9.40. The maximum absolute atomic E-state index is 12.4. The molecule has 0 aliphatic rings. The Morgan fingerprint density at radius 3 is 1.67 bits per heavy atom. The molecule has 0 bridgehead atoms. The summed E-state index contributed by atoms with van der Waals surface area (Å²) in [5.74, 6) is -5.80. The van der Waals surface area contributed by atoms with E-state index in [2.05, 4.69) is 0 Å². The van der Waals surface area contributed by atoms with Gasteiger partial charge in [0, 0.05) is 19.3 Å². The van der Waals surface area contributed by atoms with E-state index >= 15 is 0 Å². The van der Waals surface area contributed by atoms with Gasteiger partial charge in [-0.05, 0) is 19.1 Å². The van der Waals surface area contributed by atoms with Crippen molar-refractivity contribution in [3.63, 3.8) is 0 Å². The van der Waals surface area contributed by atoms with Gasteiger partial charge in [-0.1, -0.05) is 38.5 Å². The molecule has 1 rings (SSSR count). The molecular formula is C19H26O10S. The van der Waals surface area contributed by atoms with E-state index in [0.29, 0.717) is 0 Å². The van der Waals surface area contributed by atoms with Gasteiger partial charge in [-0.3, -0.25) is 18.6 Å². The Balaban J connectivity index is 3.18. The van der Waals surface area contributed by atoms with Gasteiger partial charge in [0.1, 0.15) is 6.61 Å². The van der Waals surface area contributed by atoms with Crippen molar-refractivity contribution in [1.82, 2.24) is 0 Å². The topological polar surface area (TPSA) is 142 Å². The van der Waals surface area contributed by atoms with E-state index in [-0.39, 0.29) is 24.2 Å². The van der Waals surface area contributed by atoms with E-state index in [1.807, 2.05) is 0 Å². The van der Waals surface area contributed by atoms with Crippen LogP contribution in [0.1, 0.15) is 45.6 Å². The fourth-order valence-corrected chi connectivity index (χ4v) is 2.90. The largest absolute Gasteiger partial charge is 0.453 e. The first-order chi connectivity index (χ1) is 14.0. The highest BCUT2D eigenvalue weighted by molar-refractivity contribution is 7.86. The Labute approximate surface area is 175 Å². The molecule has 30 heavy (non-hydrogen) atoms. The third kappa shape index (κ3) is 7.08. The Bertz CT molecular complexity index is 799. The smallest absolute Gasteiger partial charge is 0.386 e. The van der Waals surface area contributed by atoms with Crippen molar-refractivity contribution >= 4 is 28.0 Å². The van der Waals surface area contributed by atoms with Gasteiger partial charge in [-0.15, -0.1) is 0 Å². The summed E-state index contributed by atoms with van der Waals surface area (Å²) < 4.78 is 44.3. The molecular weight excluding hydrogens is 420 g/mol. The molecule has 0 unspecified atom stereocenters. The van der Waals surface area contributed by atoms with E-state index in [1.54, 1.807) is 19.1 Å². The minimum absolute atomic E-state index is 0.187. The standard InChI is InChI=1S/C19H26O10S/c1-5-16(21)27-19(28-17(22)6-2,29-18(23)7-3)15(20)12-26-30(24,25)14-10-8-13(4)9-11-14/h8-11,15,20H,5-7,12H2,1-4H3/t15-/m1/s1. The maximum atomic E-state index is 12.4. The van der Waals surface area contributed by atoms with Gasteiger partial charge in [-0.25, -0.2) is 0 Å². The van der Waals surface area contributed by atoms with Gasteiger partial charge in [0.15, 0.2) is 6.10 Å². The summed E-state index contributed by atoms with van der Waals surface area (Å²) in [5, 5.41) is 10.5. The molecule has 0 radical (unpaired) electrons. The second-order valence-electron chi connectivity index (χ2n) is 6.15. The quantitative estimate of drug-likeness (QED) is 0.302. The number of ether oxygens (including phenoxy) is 3. The molecule has 0 fully saturated rings. The zero-order chi connectivity index (χ0) is 22.9. The Hall–Kier alpha value is -2.50. The third-order valence-corrected chi connectivity index (χ3v) is 5.03. The van der Waals surface area contributed by atoms with Crippen LogP contribution < -0.4 is 0 Å². The zero-order valence-electron chi connectivity index (χ0n) is 17.2. The van der Waals surface area contributed by atoms with E-state index in [0.717, 1.165) is 5.56 Å². The van der Waals surface area contributed by atoms with Gasteiger partial charge < -0.3 is 19.3 Å². The summed E-state index contributed by atoms with van der Waals surface area (Å²) in [4.78, 5) is 35.4. The molecule has 1 atom stereocenters. The zero-order valence-corrected chi connectivity index (χ0v) is 18.1. The van der Waals surface area contributed by atoms with Crippen LogP contribution in [0.2, 0.25) is 0 Å². The number of rotatable bonds is 11. The van der Waals surface area contributed by atoms with Gasteiger partial charge in [-0.2, -0.15) is 8.42 Å². The molecule has 0 heterocycles. The fourth-order valence-electron chi connectivity index (χ4n) is 1.99. The highest BCUT2D eigenvalue weighted by atomic mass is 32.2. The number of hydrogen-bond donors (Lipinski definition) is 1. The van der Waals surface area contributed by atoms with Crippen LogP contribution in [-0.2, 0) is 42.9 Å². The predicted molar refractivity (Wildman–Crippen MR) is 102 cm³/mol. The average Bonchev–Trinajstić information content (AvgIpc) is 2.71. The van der Waals surface area contributed by atoms with Gasteiger partial charge >= 0.3 is 23.9 Å². The highest BCUT2D eigenvalue weighted by Gasteiger charge is 2.51. The molecule has 0 aliphatic carbocycles. The van der Waals surface area contributed by atoms with Crippen molar-refractivity contribution in [3.05, 3.63) is 29.8 Å². The molecule has 11 heteroatoms. The molecule has 1 aromatic rings. The van der Waals surface area contributed by atoms with E-state index in [4.69, 9.17) is 18.4 Å². The molecule has 168 valence electrons. The number of hydrogen-bond acceptors (Lipinski definition) is 10. The number of carbonyl (C=O) groups is 3. The fraction of sp³-hybridized carbons (Fsp3) is 0.526. The van der Waals surface area contributed by atoms with Crippen molar-refractivity contribution < 1.29 is 46.3 Å². The van der Waals surface area contributed by atoms with Crippen LogP contribution in [0.5, 0.6) is 0 Å². The molecule has 1 aromatic carbocycles. The van der Waals surface area contributed by atoms with Gasteiger partial charge in [0.25, 0.3) is 10.1 Å². The molecule has 0 amide bonds. The van der Waals surface area contributed by atoms with E-state index < -0.39 is 46.7 Å². The summed E-state index contributed by atoms with van der Waals surface area (Å²) in [5.41, 5.74) is 0.817. The van der Waals surface area contributed by atoms with Gasteiger partial charge in [0.05, 0.1) is 4.90 Å². The number of benzene rings is 1. The SMILES string of the molecule is CCC(=O)OC(OC(=O)CC)(OC(=O)CC)[C@H](O)COS(=O)(=O)c1ccc(C)cc1. The summed E-state index contributed by atoms with van der Waals surface area (Å²) >= 11 is 0. The number of aliphatic hydroxyl groups is 1. The van der Waals surface area contributed by atoms with Crippen LogP contribution in [0.15, 0.2) is 29.2 Å². The molecule has 0 aliphatic heterocycles. The molecule has 0 spiro atoms. The minimum atomic E-state index is -4.32. The summed E-state index contributed by atoms with van der Waals surface area (Å²) in [7, 11) is -4.32. The number of esters is 3. The van der Waals surface area contributed by atoms with Crippen LogP contribution in [0.3, 0.4) is 0 Å². The molecule has 0 saturated carbocycles. The number of aryl methyl sites for hydroxylation is 1. The van der Waals surface area contributed by atoms with Crippen LogP contribution in [0, 0.1) is 6.92 Å².